The number of carboxylic acids is 1. The lowest BCUT2D eigenvalue weighted by atomic mass is 9.85. The molecular formula is C14H21NO4. The largest absolute Gasteiger partial charge is 0.481 e. The maximum absolute atomic E-state index is 11.9. The molecule has 1 atom stereocenters. The van der Waals surface area contributed by atoms with Crippen LogP contribution in [-0.2, 0) is 16.0 Å². The van der Waals surface area contributed by atoms with E-state index < -0.39 is 11.5 Å². The number of nitrogens with one attached hydrogen (secondary N) is 1. The fourth-order valence-corrected chi connectivity index (χ4v) is 1.78. The van der Waals surface area contributed by atoms with Gasteiger partial charge in [-0.3, -0.25) is 9.59 Å². The minimum Gasteiger partial charge on any atom is -0.481 e. The average molecular weight is 267 g/mol. The molecule has 0 radical (unpaired) electrons. The maximum atomic E-state index is 11.9. The van der Waals surface area contributed by atoms with Crippen LogP contribution in [0.1, 0.15) is 39.4 Å². The van der Waals surface area contributed by atoms with Crippen molar-refractivity contribution in [3.05, 3.63) is 24.2 Å². The number of furan rings is 1. The molecule has 5 nitrogen and oxygen atoms in total. The summed E-state index contributed by atoms with van der Waals surface area (Å²) in [6.07, 6.45) is 2.28. The minimum absolute atomic E-state index is 0.0381. The normalized spacial score (nSPS) is 14.1. The van der Waals surface area contributed by atoms with E-state index in [2.05, 4.69) is 5.32 Å². The molecule has 5 heteroatoms. The molecule has 19 heavy (non-hydrogen) atoms. The number of hydrogen-bond donors (Lipinski definition) is 2. The molecule has 1 heterocycles. The van der Waals surface area contributed by atoms with E-state index in [0.29, 0.717) is 6.42 Å². The van der Waals surface area contributed by atoms with Gasteiger partial charge in [0.15, 0.2) is 0 Å². The zero-order chi connectivity index (χ0) is 14.5. The molecule has 0 spiro atoms. The molecule has 0 saturated heterocycles. The standard InChI is InChI=1S/C14H21NO4/c1-10(2)14(3,9-13(17)18)15-12(16)7-6-11-5-4-8-19-11/h4-5,8,10H,6-7,9H2,1-3H3,(H,15,16)(H,17,18). The van der Waals surface area contributed by atoms with E-state index in [0.717, 1.165) is 5.76 Å². The lowest BCUT2D eigenvalue weighted by Crippen LogP contribution is -2.51. The van der Waals surface area contributed by atoms with Gasteiger partial charge in [-0.25, -0.2) is 0 Å². The second kappa shape index (κ2) is 6.41. The van der Waals surface area contributed by atoms with E-state index in [1.54, 1.807) is 19.3 Å². The van der Waals surface area contributed by atoms with E-state index in [9.17, 15) is 9.59 Å². The number of amides is 1. The highest BCUT2D eigenvalue weighted by Crippen LogP contribution is 2.21. The van der Waals surface area contributed by atoms with Gasteiger partial charge in [-0.05, 0) is 25.0 Å². The van der Waals surface area contributed by atoms with Crippen molar-refractivity contribution < 1.29 is 19.1 Å². The predicted molar refractivity (Wildman–Crippen MR) is 70.7 cm³/mol. The lowest BCUT2D eigenvalue weighted by molar-refractivity contribution is -0.139. The second-order valence-corrected chi connectivity index (χ2v) is 5.27. The number of carboxylic acid groups (broad SMARTS) is 1. The third kappa shape index (κ3) is 4.77. The Kier molecular flexibility index (Phi) is 5.15. The Bertz CT molecular complexity index is 425. The number of aryl methyl sites for hydroxylation is 1. The quantitative estimate of drug-likeness (QED) is 0.793. The Labute approximate surface area is 113 Å². The topological polar surface area (TPSA) is 79.5 Å². The van der Waals surface area contributed by atoms with Gasteiger partial charge in [-0.2, -0.15) is 0 Å². The molecule has 0 aliphatic carbocycles. The molecule has 0 bridgehead atoms. The van der Waals surface area contributed by atoms with E-state index in [-0.39, 0.29) is 24.7 Å². The van der Waals surface area contributed by atoms with Crippen LogP contribution in [0.15, 0.2) is 22.8 Å². The highest BCUT2D eigenvalue weighted by Gasteiger charge is 2.32. The van der Waals surface area contributed by atoms with Crippen molar-refractivity contribution >= 4 is 11.9 Å². The summed E-state index contributed by atoms with van der Waals surface area (Å²) in [4.78, 5) is 22.8. The number of rotatable bonds is 7. The summed E-state index contributed by atoms with van der Waals surface area (Å²) in [5.41, 5.74) is -0.730. The van der Waals surface area contributed by atoms with Crippen LogP contribution in [0.25, 0.3) is 0 Å². The van der Waals surface area contributed by atoms with E-state index in [1.165, 1.54) is 0 Å². The molecule has 1 unspecified atom stereocenters. The van der Waals surface area contributed by atoms with Crippen molar-refractivity contribution in [3.8, 4) is 0 Å². The van der Waals surface area contributed by atoms with Gasteiger partial charge in [0.25, 0.3) is 0 Å². The summed E-state index contributed by atoms with van der Waals surface area (Å²) in [5.74, 6) is -0.285. The van der Waals surface area contributed by atoms with E-state index >= 15 is 0 Å². The zero-order valence-corrected chi connectivity index (χ0v) is 11.6. The first kappa shape index (κ1) is 15.3. The van der Waals surface area contributed by atoms with Gasteiger partial charge in [-0.1, -0.05) is 13.8 Å². The van der Waals surface area contributed by atoms with Crippen molar-refractivity contribution in [2.24, 2.45) is 5.92 Å². The van der Waals surface area contributed by atoms with Gasteiger partial charge in [0, 0.05) is 18.4 Å². The molecule has 0 aliphatic heterocycles. The van der Waals surface area contributed by atoms with Gasteiger partial charge in [0.2, 0.25) is 5.91 Å². The minimum atomic E-state index is -0.914. The van der Waals surface area contributed by atoms with Crippen molar-refractivity contribution in [1.29, 1.82) is 0 Å². The number of aliphatic carboxylic acids is 1. The van der Waals surface area contributed by atoms with Gasteiger partial charge < -0.3 is 14.8 Å². The van der Waals surface area contributed by atoms with Crippen LogP contribution in [0, 0.1) is 5.92 Å². The number of carbonyl (C=O) groups is 2. The van der Waals surface area contributed by atoms with Crippen LogP contribution in [0.5, 0.6) is 0 Å². The Hall–Kier alpha value is -1.78. The SMILES string of the molecule is CC(C)C(C)(CC(=O)O)NC(=O)CCc1ccco1. The molecule has 0 aliphatic rings. The highest BCUT2D eigenvalue weighted by molar-refractivity contribution is 5.78. The first-order valence-corrected chi connectivity index (χ1v) is 6.38. The molecule has 1 rings (SSSR count). The Morgan fingerprint density at radius 2 is 2.16 bits per heavy atom. The van der Waals surface area contributed by atoms with Gasteiger partial charge in [-0.15, -0.1) is 0 Å². The molecule has 0 saturated carbocycles. The van der Waals surface area contributed by atoms with Crippen LogP contribution < -0.4 is 5.32 Å². The summed E-state index contributed by atoms with van der Waals surface area (Å²) in [5, 5.41) is 11.7. The van der Waals surface area contributed by atoms with Crippen molar-refractivity contribution in [2.45, 2.75) is 45.6 Å². The fourth-order valence-electron chi connectivity index (χ4n) is 1.78. The van der Waals surface area contributed by atoms with Crippen LogP contribution in [0.3, 0.4) is 0 Å². The van der Waals surface area contributed by atoms with Crippen LogP contribution in [0.2, 0.25) is 0 Å². The molecule has 106 valence electrons. The Morgan fingerprint density at radius 1 is 1.47 bits per heavy atom. The van der Waals surface area contributed by atoms with Crippen molar-refractivity contribution in [2.75, 3.05) is 0 Å². The maximum Gasteiger partial charge on any atom is 0.305 e. The molecule has 1 amide bonds. The van der Waals surface area contributed by atoms with E-state index in [4.69, 9.17) is 9.52 Å². The zero-order valence-electron chi connectivity index (χ0n) is 11.6. The average Bonchev–Trinajstić information content (AvgIpc) is 2.77. The predicted octanol–water partition coefficient (Wildman–Crippen LogP) is 2.22. The molecule has 0 aromatic carbocycles. The monoisotopic (exact) mass is 267 g/mol. The molecule has 1 aromatic rings. The van der Waals surface area contributed by atoms with Crippen LogP contribution in [-0.4, -0.2) is 22.5 Å². The summed E-state index contributed by atoms with van der Waals surface area (Å²) >= 11 is 0. The van der Waals surface area contributed by atoms with Crippen LogP contribution >= 0.6 is 0 Å². The Balaban J connectivity index is 2.54. The smallest absolute Gasteiger partial charge is 0.305 e. The van der Waals surface area contributed by atoms with Crippen molar-refractivity contribution in [3.63, 3.8) is 0 Å². The fraction of sp³-hybridized carbons (Fsp3) is 0.571. The van der Waals surface area contributed by atoms with E-state index in [1.807, 2.05) is 19.9 Å². The van der Waals surface area contributed by atoms with Gasteiger partial charge in [0.1, 0.15) is 5.76 Å². The van der Waals surface area contributed by atoms with Gasteiger partial charge >= 0.3 is 5.97 Å². The molecule has 2 N–H and O–H groups in total. The summed E-state index contributed by atoms with van der Waals surface area (Å²) in [7, 11) is 0. The third-order valence-corrected chi connectivity index (χ3v) is 3.40. The van der Waals surface area contributed by atoms with Crippen LogP contribution in [0.4, 0.5) is 0 Å². The number of carbonyl (C=O) groups excluding carboxylic acids is 1. The Morgan fingerprint density at radius 3 is 2.63 bits per heavy atom. The highest BCUT2D eigenvalue weighted by atomic mass is 16.4. The van der Waals surface area contributed by atoms with Gasteiger partial charge in [0.05, 0.1) is 12.7 Å². The first-order chi connectivity index (χ1) is 8.83. The first-order valence-electron chi connectivity index (χ1n) is 6.38. The summed E-state index contributed by atoms with van der Waals surface area (Å²) in [6.45, 7) is 5.56. The molecule has 1 aromatic heterocycles. The summed E-state index contributed by atoms with van der Waals surface area (Å²) < 4.78 is 5.15. The second-order valence-electron chi connectivity index (χ2n) is 5.27. The lowest BCUT2D eigenvalue weighted by Gasteiger charge is -2.33. The van der Waals surface area contributed by atoms with Crippen molar-refractivity contribution in [1.82, 2.24) is 5.32 Å². The molecule has 0 fully saturated rings. The number of hydrogen-bond acceptors (Lipinski definition) is 3. The summed E-state index contributed by atoms with van der Waals surface area (Å²) in [6, 6.07) is 3.59. The molecular weight excluding hydrogens is 246 g/mol. The third-order valence-electron chi connectivity index (χ3n) is 3.40.